The standard InChI is InChI=1S/C28H41N9O5/c1-4-5-19(6-8-38)31-26-25-23(32-27(33-26)34-28(40)42-3)13-30-37(25)14-18-12-29-20(10-24(18)41-2)15-36-17-21-11-22(36)16-35(21)7-9-39/h10,12-13,19,21-22,38-39H,4-9,11,14-17H2,1-3H3,(H2,31,32,33,34,40)/t19-,21?,22?/m0/s1. The van der Waals surface area contributed by atoms with Gasteiger partial charge in [-0.1, -0.05) is 13.3 Å². The minimum atomic E-state index is -0.673. The van der Waals surface area contributed by atoms with Crippen molar-refractivity contribution in [2.75, 3.05) is 57.7 Å². The number of nitrogens with zero attached hydrogens (tertiary/aromatic N) is 7. The maximum atomic E-state index is 11.9. The fourth-order valence-corrected chi connectivity index (χ4v) is 6.10. The Morgan fingerprint density at radius 2 is 1.90 bits per heavy atom. The van der Waals surface area contributed by atoms with E-state index in [2.05, 4.69) is 42.4 Å². The van der Waals surface area contributed by atoms with E-state index in [1.54, 1.807) is 18.0 Å². The molecule has 42 heavy (non-hydrogen) atoms. The molecule has 3 aromatic heterocycles. The van der Waals surface area contributed by atoms with E-state index < -0.39 is 6.09 Å². The molecule has 0 aromatic carbocycles. The van der Waals surface area contributed by atoms with Gasteiger partial charge in [-0.3, -0.25) is 24.8 Å². The molecule has 5 rings (SSSR count). The largest absolute Gasteiger partial charge is 0.496 e. The van der Waals surface area contributed by atoms with E-state index in [0.29, 0.717) is 41.9 Å². The molecule has 2 saturated heterocycles. The van der Waals surface area contributed by atoms with Crippen molar-refractivity contribution in [1.29, 1.82) is 0 Å². The van der Waals surface area contributed by atoms with Gasteiger partial charge in [-0.25, -0.2) is 9.78 Å². The number of fused-ring (bicyclic) bond motifs is 3. The lowest BCUT2D eigenvalue weighted by molar-refractivity contribution is 0.104. The SMILES string of the molecule is CCC[C@@H](CCO)Nc1nc(NC(=O)OC)nc2cnn(Cc3cnc(CN4CC5CC4CN5CCO)cc3OC)c12. The first-order valence-electron chi connectivity index (χ1n) is 14.5. The highest BCUT2D eigenvalue weighted by Crippen LogP contribution is 2.32. The quantitative estimate of drug-likeness (QED) is 0.217. The van der Waals surface area contributed by atoms with Crippen molar-refractivity contribution < 1.29 is 24.5 Å². The van der Waals surface area contributed by atoms with Gasteiger partial charge in [-0.2, -0.15) is 10.1 Å². The van der Waals surface area contributed by atoms with E-state index in [0.717, 1.165) is 62.4 Å². The molecule has 0 aliphatic carbocycles. The summed E-state index contributed by atoms with van der Waals surface area (Å²) in [5, 5.41) is 29.5. The van der Waals surface area contributed by atoms with Crippen molar-refractivity contribution in [3.63, 3.8) is 0 Å². The van der Waals surface area contributed by atoms with Gasteiger partial charge < -0.3 is 25.0 Å². The summed E-state index contributed by atoms with van der Waals surface area (Å²) < 4.78 is 12.3. The molecule has 228 valence electrons. The zero-order valence-electron chi connectivity index (χ0n) is 24.5. The van der Waals surface area contributed by atoms with Gasteiger partial charge >= 0.3 is 6.09 Å². The van der Waals surface area contributed by atoms with Crippen LogP contribution in [-0.4, -0.2) is 116 Å². The summed E-state index contributed by atoms with van der Waals surface area (Å²) in [7, 11) is 2.93. The van der Waals surface area contributed by atoms with Crippen LogP contribution in [0.1, 0.15) is 43.9 Å². The third kappa shape index (κ3) is 6.56. The van der Waals surface area contributed by atoms with Gasteiger partial charge in [0.1, 0.15) is 16.8 Å². The molecule has 2 bridgehead atoms. The second-order valence-electron chi connectivity index (χ2n) is 10.9. The number of carbonyl (C=O) groups is 1. The fourth-order valence-electron chi connectivity index (χ4n) is 6.10. The first-order chi connectivity index (χ1) is 20.5. The van der Waals surface area contributed by atoms with Crippen molar-refractivity contribution in [1.82, 2.24) is 34.5 Å². The van der Waals surface area contributed by atoms with Gasteiger partial charge in [0.25, 0.3) is 0 Å². The van der Waals surface area contributed by atoms with Crippen LogP contribution in [0.25, 0.3) is 11.0 Å². The van der Waals surface area contributed by atoms with Crippen LogP contribution in [0.2, 0.25) is 0 Å². The molecule has 14 nitrogen and oxygen atoms in total. The molecular formula is C28H41N9O5. The van der Waals surface area contributed by atoms with Crippen LogP contribution in [0.4, 0.5) is 16.6 Å². The van der Waals surface area contributed by atoms with E-state index in [-0.39, 0.29) is 25.2 Å². The highest BCUT2D eigenvalue weighted by molar-refractivity contribution is 5.89. The summed E-state index contributed by atoms with van der Waals surface area (Å²) >= 11 is 0. The van der Waals surface area contributed by atoms with Crippen LogP contribution in [0.3, 0.4) is 0 Å². The lowest BCUT2D eigenvalue weighted by atomic mass is 10.1. The third-order valence-electron chi connectivity index (χ3n) is 8.10. The van der Waals surface area contributed by atoms with Crippen molar-refractivity contribution in [2.45, 2.75) is 63.8 Å². The zero-order chi connectivity index (χ0) is 29.6. The third-order valence-corrected chi connectivity index (χ3v) is 8.10. The van der Waals surface area contributed by atoms with Crippen LogP contribution in [0.15, 0.2) is 18.5 Å². The smallest absolute Gasteiger partial charge is 0.413 e. The summed E-state index contributed by atoms with van der Waals surface area (Å²) in [5.74, 6) is 1.31. The minimum absolute atomic E-state index is 0.0283. The fraction of sp³-hybridized carbons (Fsp3) is 0.607. The molecule has 2 aliphatic rings. The van der Waals surface area contributed by atoms with Crippen molar-refractivity contribution >= 4 is 28.9 Å². The number of aliphatic hydroxyl groups excluding tert-OH is 2. The zero-order valence-corrected chi connectivity index (χ0v) is 24.5. The topological polar surface area (TPSA) is 163 Å². The number of nitrogens with one attached hydrogen (secondary N) is 2. The molecule has 0 saturated carbocycles. The Kier molecular flexibility index (Phi) is 9.67. The van der Waals surface area contributed by atoms with E-state index in [4.69, 9.17) is 14.5 Å². The minimum Gasteiger partial charge on any atom is -0.496 e. The first-order valence-corrected chi connectivity index (χ1v) is 14.5. The second kappa shape index (κ2) is 13.6. The van der Waals surface area contributed by atoms with Gasteiger partial charge in [0, 0.05) is 68.7 Å². The Bertz CT molecular complexity index is 1360. The summed E-state index contributed by atoms with van der Waals surface area (Å²) in [6, 6.07) is 2.94. The van der Waals surface area contributed by atoms with E-state index >= 15 is 0 Å². The number of ether oxygens (including phenoxy) is 2. The average molecular weight is 584 g/mol. The number of amides is 1. The monoisotopic (exact) mass is 583 g/mol. The predicted octanol–water partition coefficient (Wildman–Crippen LogP) is 1.67. The Balaban J connectivity index is 1.38. The van der Waals surface area contributed by atoms with Gasteiger partial charge in [0.2, 0.25) is 5.95 Å². The van der Waals surface area contributed by atoms with Gasteiger partial charge in [-0.15, -0.1) is 0 Å². The van der Waals surface area contributed by atoms with E-state index in [9.17, 15) is 15.0 Å². The summed E-state index contributed by atoms with van der Waals surface area (Å²) in [4.78, 5) is 30.5. The van der Waals surface area contributed by atoms with Crippen LogP contribution >= 0.6 is 0 Å². The number of β-amino-alcohol motifs (C(OH)–C–C–N with tert-alkyl or cyclic N) is 1. The number of piperazine rings is 1. The molecule has 2 unspecified atom stereocenters. The maximum Gasteiger partial charge on any atom is 0.413 e. The summed E-state index contributed by atoms with van der Waals surface area (Å²) in [6.07, 6.45) is 6.22. The lowest BCUT2D eigenvalue weighted by Crippen LogP contribution is -2.46. The number of aliphatic hydroxyl groups is 2. The molecule has 2 aliphatic heterocycles. The molecule has 1 amide bonds. The Morgan fingerprint density at radius 3 is 2.60 bits per heavy atom. The molecular weight excluding hydrogens is 542 g/mol. The Labute approximate surface area is 245 Å². The highest BCUT2D eigenvalue weighted by atomic mass is 16.5. The van der Waals surface area contributed by atoms with E-state index in [1.165, 1.54) is 7.11 Å². The molecule has 4 N–H and O–H groups in total. The number of aromatic nitrogens is 5. The number of likely N-dealkylation sites (tertiary alicyclic amines) is 2. The molecule has 0 radical (unpaired) electrons. The van der Waals surface area contributed by atoms with Crippen LogP contribution in [0.5, 0.6) is 5.75 Å². The number of hydrogen-bond donors (Lipinski definition) is 4. The predicted molar refractivity (Wildman–Crippen MR) is 157 cm³/mol. The normalized spacial score (nSPS) is 19.4. The Morgan fingerprint density at radius 1 is 1.10 bits per heavy atom. The van der Waals surface area contributed by atoms with Crippen molar-refractivity contribution in [3.05, 3.63) is 29.7 Å². The number of rotatable bonds is 14. The number of anilines is 2. The average Bonchev–Trinajstić information content (AvgIpc) is 3.69. The molecule has 0 spiro atoms. The van der Waals surface area contributed by atoms with Gasteiger partial charge in [0.05, 0.1) is 39.3 Å². The number of carbonyl (C=O) groups excluding carboxylic acids is 1. The van der Waals surface area contributed by atoms with Crippen molar-refractivity contribution in [3.8, 4) is 5.75 Å². The van der Waals surface area contributed by atoms with E-state index in [1.807, 2.05) is 12.3 Å². The van der Waals surface area contributed by atoms with Crippen LogP contribution in [0, 0.1) is 0 Å². The second-order valence-corrected chi connectivity index (χ2v) is 10.9. The van der Waals surface area contributed by atoms with Crippen molar-refractivity contribution in [2.24, 2.45) is 0 Å². The molecule has 5 heterocycles. The molecule has 3 aromatic rings. The Hall–Kier alpha value is -3.59. The lowest BCUT2D eigenvalue weighted by Gasteiger charge is -2.33. The first kappa shape index (κ1) is 29.9. The maximum absolute atomic E-state index is 11.9. The number of pyridine rings is 1. The highest BCUT2D eigenvalue weighted by Gasteiger charge is 2.42. The number of methoxy groups -OCH3 is 2. The van der Waals surface area contributed by atoms with Gasteiger partial charge in [0.15, 0.2) is 5.82 Å². The molecule has 14 heteroatoms. The van der Waals surface area contributed by atoms with Crippen LogP contribution in [-0.2, 0) is 17.8 Å². The van der Waals surface area contributed by atoms with Gasteiger partial charge in [-0.05, 0) is 19.3 Å². The van der Waals surface area contributed by atoms with Crippen LogP contribution < -0.4 is 15.4 Å². The number of hydrogen-bond acceptors (Lipinski definition) is 12. The summed E-state index contributed by atoms with van der Waals surface area (Å²) in [6.45, 7) is 6.14. The summed E-state index contributed by atoms with van der Waals surface area (Å²) in [5.41, 5.74) is 3.00. The molecule has 3 atom stereocenters. The molecule has 2 fully saturated rings.